The summed E-state index contributed by atoms with van der Waals surface area (Å²) in [6.07, 6.45) is -0.250. The van der Waals surface area contributed by atoms with Gasteiger partial charge in [0.2, 0.25) is 11.8 Å². The highest BCUT2D eigenvalue weighted by atomic mass is 16.2. The summed E-state index contributed by atoms with van der Waals surface area (Å²) in [6, 6.07) is 15.2. The quantitative estimate of drug-likeness (QED) is 0.391. The molecule has 0 aliphatic heterocycles. The third-order valence-electron chi connectivity index (χ3n) is 4.10. The number of fused-ring (bicyclic) bond motifs is 2. The zero-order valence-corrected chi connectivity index (χ0v) is 14.5. The Kier molecular flexibility index (Phi) is 4.52. The molecule has 0 saturated carbocycles. The fraction of sp³-hybridized carbons (Fsp3) is 0.158. The average Bonchev–Trinajstić information content (AvgIpc) is 3.27. The monoisotopic (exact) mass is 362 g/mol. The number of para-hydroxylation sites is 4. The van der Waals surface area contributed by atoms with Gasteiger partial charge in [0.15, 0.2) is 0 Å². The Bertz CT molecular complexity index is 960. The number of nitrogens with zero attached hydrogens (tertiary/aromatic N) is 2. The van der Waals surface area contributed by atoms with Crippen LogP contribution < -0.4 is 10.6 Å². The van der Waals surface area contributed by atoms with Crippen molar-refractivity contribution in [1.29, 1.82) is 0 Å². The summed E-state index contributed by atoms with van der Waals surface area (Å²) in [4.78, 5) is 38.9. The molecule has 2 heterocycles. The number of hydrogen-bond donors (Lipinski definition) is 4. The van der Waals surface area contributed by atoms with E-state index in [1.54, 1.807) is 0 Å². The Labute approximate surface area is 154 Å². The van der Waals surface area contributed by atoms with Gasteiger partial charge >= 0.3 is 0 Å². The van der Waals surface area contributed by atoms with Crippen LogP contribution in [0, 0.1) is 0 Å². The molecule has 2 aromatic heterocycles. The van der Waals surface area contributed by atoms with Gasteiger partial charge in [-0.2, -0.15) is 0 Å². The van der Waals surface area contributed by atoms with E-state index in [4.69, 9.17) is 0 Å². The number of nitrogens with one attached hydrogen (secondary N) is 4. The summed E-state index contributed by atoms with van der Waals surface area (Å²) in [5, 5.41) is 5.39. The topological polar surface area (TPSA) is 116 Å². The summed E-state index contributed by atoms with van der Waals surface area (Å²) >= 11 is 0. The highest BCUT2D eigenvalue weighted by molar-refractivity contribution is 5.96. The van der Waals surface area contributed by atoms with E-state index >= 15 is 0 Å². The second kappa shape index (κ2) is 7.28. The normalized spacial score (nSPS) is 11.0. The molecule has 4 aromatic rings. The zero-order chi connectivity index (χ0) is 18.6. The Balaban J connectivity index is 1.25. The van der Waals surface area contributed by atoms with Gasteiger partial charge in [0.1, 0.15) is 18.1 Å². The van der Waals surface area contributed by atoms with E-state index in [9.17, 15) is 9.59 Å². The van der Waals surface area contributed by atoms with Gasteiger partial charge in [-0.05, 0) is 24.3 Å². The van der Waals surface area contributed by atoms with Gasteiger partial charge in [0.05, 0.1) is 35.2 Å². The van der Waals surface area contributed by atoms with Crippen molar-refractivity contribution in [2.75, 3.05) is 0 Å². The fourth-order valence-electron chi connectivity index (χ4n) is 2.81. The molecule has 136 valence electrons. The molecule has 8 nitrogen and oxygen atoms in total. The molecular weight excluding hydrogens is 344 g/mol. The molecule has 0 radical (unpaired) electrons. The Morgan fingerprint density at radius 3 is 1.63 bits per heavy atom. The van der Waals surface area contributed by atoms with Gasteiger partial charge in [-0.25, -0.2) is 9.97 Å². The van der Waals surface area contributed by atoms with Gasteiger partial charge in [-0.15, -0.1) is 0 Å². The maximum absolute atomic E-state index is 12.0. The molecule has 0 bridgehead atoms. The lowest BCUT2D eigenvalue weighted by Crippen LogP contribution is -2.31. The van der Waals surface area contributed by atoms with E-state index in [1.807, 2.05) is 48.5 Å². The molecule has 0 unspecified atom stereocenters. The van der Waals surface area contributed by atoms with Gasteiger partial charge in [-0.1, -0.05) is 24.3 Å². The van der Waals surface area contributed by atoms with Gasteiger partial charge in [0.25, 0.3) is 0 Å². The highest BCUT2D eigenvalue weighted by Gasteiger charge is 2.11. The molecule has 8 heteroatoms. The first-order valence-corrected chi connectivity index (χ1v) is 8.58. The highest BCUT2D eigenvalue weighted by Crippen LogP contribution is 2.11. The molecule has 0 aliphatic rings. The summed E-state index contributed by atoms with van der Waals surface area (Å²) in [5.41, 5.74) is 3.49. The van der Waals surface area contributed by atoms with Crippen LogP contribution in [0.25, 0.3) is 22.1 Å². The van der Waals surface area contributed by atoms with Crippen LogP contribution in [-0.4, -0.2) is 31.8 Å². The van der Waals surface area contributed by atoms with Crippen molar-refractivity contribution in [2.24, 2.45) is 0 Å². The smallest absolute Gasteiger partial charge is 0.229 e. The minimum Gasteiger partial charge on any atom is -0.348 e. The van der Waals surface area contributed by atoms with E-state index in [0.29, 0.717) is 11.6 Å². The summed E-state index contributed by atoms with van der Waals surface area (Å²) in [6.45, 7) is 0.481. The molecule has 4 rings (SSSR count). The van der Waals surface area contributed by atoms with Gasteiger partial charge in [0, 0.05) is 0 Å². The van der Waals surface area contributed by atoms with Gasteiger partial charge in [-0.3, -0.25) is 9.59 Å². The van der Waals surface area contributed by atoms with E-state index < -0.39 is 0 Å². The lowest BCUT2D eigenvalue weighted by atomic mass is 10.3. The predicted octanol–water partition coefficient (Wildman–Crippen LogP) is 1.76. The third kappa shape index (κ3) is 3.95. The molecule has 0 saturated heterocycles. The summed E-state index contributed by atoms with van der Waals surface area (Å²) < 4.78 is 0. The van der Waals surface area contributed by atoms with E-state index in [1.165, 1.54) is 0 Å². The van der Waals surface area contributed by atoms with Crippen LogP contribution in [0.5, 0.6) is 0 Å². The lowest BCUT2D eigenvalue weighted by Gasteiger charge is -2.04. The van der Waals surface area contributed by atoms with Crippen LogP contribution in [0.4, 0.5) is 0 Å². The molecule has 0 spiro atoms. The second-order valence-electron chi connectivity index (χ2n) is 6.13. The van der Waals surface area contributed by atoms with Crippen molar-refractivity contribution < 1.29 is 9.59 Å². The second-order valence-corrected chi connectivity index (χ2v) is 6.13. The van der Waals surface area contributed by atoms with Crippen LogP contribution in [0.3, 0.4) is 0 Å². The number of aromatic nitrogens is 4. The lowest BCUT2D eigenvalue weighted by molar-refractivity contribution is -0.129. The number of aromatic amines is 2. The zero-order valence-electron chi connectivity index (χ0n) is 14.5. The summed E-state index contributed by atoms with van der Waals surface area (Å²) in [7, 11) is 0. The number of benzene rings is 2. The van der Waals surface area contributed by atoms with Gasteiger partial charge < -0.3 is 20.6 Å². The maximum atomic E-state index is 12.0. The fourth-order valence-corrected chi connectivity index (χ4v) is 2.81. The van der Waals surface area contributed by atoms with Crippen molar-refractivity contribution in [3.63, 3.8) is 0 Å². The van der Waals surface area contributed by atoms with E-state index in [2.05, 4.69) is 30.6 Å². The first kappa shape index (κ1) is 16.8. The molecular formula is C19H18N6O2. The van der Waals surface area contributed by atoms with Crippen LogP contribution >= 0.6 is 0 Å². The minimum absolute atomic E-state index is 0.240. The summed E-state index contributed by atoms with van der Waals surface area (Å²) in [5.74, 6) is 0.564. The van der Waals surface area contributed by atoms with Crippen LogP contribution in [0.1, 0.15) is 18.1 Å². The van der Waals surface area contributed by atoms with Crippen molar-refractivity contribution in [3.05, 3.63) is 60.2 Å². The Morgan fingerprint density at radius 2 is 1.19 bits per heavy atom. The maximum Gasteiger partial charge on any atom is 0.229 e. The number of carbonyl (C=O) groups excluding carboxylic acids is 2. The number of hydrogen-bond acceptors (Lipinski definition) is 4. The number of amides is 2. The largest absolute Gasteiger partial charge is 0.348 e. The molecule has 4 N–H and O–H groups in total. The molecule has 0 atom stereocenters. The van der Waals surface area contributed by atoms with Crippen molar-refractivity contribution in [3.8, 4) is 0 Å². The van der Waals surface area contributed by atoms with Crippen LogP contribution in [0.2, 0.25) is 0 Å². The molecule has 2 aromatic carbocycles. The Hall–Kier alpha value is -3.68. The molecule has 0 aliphatic carbocycles. The molecule has 27 heavy (non-hydrogen) atoms. The number of rotatable bonds is 6. The van der Waals surface area contributed by atoms with Crippen molar-refractivity contribution in [2.45, 2.75) is 19.5 Å². The standard InChI is InChI=1S/C19H18N6O2/c26-18(20-10-16-22-12-5-1-2-6-13(12)23-16)9-19(27)21-11-17-24-14-7-3-4-8-15(14)25-17/h1-8H,9-11H2,(H,20,26)(H,21,27)(H,22,23)(H,24,25). The minimum atomic E-state index is -0.363. The number of H-pyrrole nitrogens is 2. The third-order valence-corrected chi connectivity index (χ3v) is 4.10. The molecule has 2 amide bonds. The SMILES string of the molecule is O=C(CC(=O)NCc1nc2ccccc2[nH]1)NCc1nc2ccccc2[nH]1. The van der Waals surface area contributed by atoms with Crippen molar-refractivity contribution in [1.82, 2.24) is 30.6 Å². The predicted molar refractivity (Wildman–Crippen MR) is 100 cm³/mol. The Morgan fingerprint density at radius 1 is 0.741 bits per heavy atom. The number of carbonyl (C=O) groups is 2. The van der Waals surface area contributed by atoms with Crippen molar-refractivity contribution >= 4 is 33.9 Å². The van der Waals surface area contributed by atoms with Crippen LogP contribution in [-0.2, 0) is 22.7 Å². The number of imidazole rings is 2. The molecule has 0 fully saturated rings. The first-order chi connectivity index (χ1) is 13.2. The van der Waals surface area contributed by atoms with E-state index in [-0.39, 0.29) is 31.3 Å². The van der Waals surface area contributed by atoms with E-state index in [0.717, 1.165) is 22.1 Å². The first-order valence-electron chi connectivity index (χ1n) is 8.58. The average molecular weight is 362 g/mol. The van der Waals surface area contributed by atoms with Crippen LogP contribution in [0.15, 0.2) is 48.5 Å².